The van der Waals surface area contributed by atoms with Crippen molar-refractivity contribution in [1.82, 2.24) is 10.6 Å². The summed E-state index contributed by atoms with van der Waals surface area (Å²) < 4.78 is 5.33. The van der Waals surface area contributed by atoms with Crippen molar-refractivity contribution in [1.29, 1.82) is 0 Å². The summed E-state index contributed by atoms with van der Waals surface area (Å²) in [4.78, 5) is 12.2. The van der Waals surface area contributed by atoms with Crippen molar-refractivity contribution in [2.45, 2.75) is 25.0 Å². The highest BCUT2D eigenvalue weighted by Crippen LogP contribution is 2.15. The first-order chi connectivity index (χ1) is 8.72. The second kappa shape index (κ2) is 5.98. The van der Waals surface area contributed by atoms with Crippen molar-refractivity contribution in [3.8, 4) is 0 Å². The van der Waals surface area contributed by atoms with E-state index in [2.05, 4.69) is 10.6 Å². The van der Waals surface area contributed by atoms with E-state index >= 15 is 0 Å². The minimum Gasteiger partial charge on any atom is -0.378 e. The normalized spacial score (nSPS) is 24.8. The van der Waals surface area contributed by atoms with E-state index in [0.29, 0.717) is 0 Å². The van der Waals surface area contributed by atoms with Gasteiger partial charge in [0.25, 0.3) is 0 Å². The lowest BCUT2D eigenvalue weighted by molar-refractivity contribution is -0.123. The summed E-state index contributed by atoms with van der Waals surface area (Å²) in [6.45, 7) is 3.49. The number of benzene rings is 1. The van der Waals surface area contributed by atoms with Gasteiger partial charge in [-0.15, -0.1) is 0 Å². The second-order valence-corrected chi connectivity index (χ2v) is 4.68. The molecule has 2 N–H and O–H groups in total. The molecule has 0 spiro atoms. The smallest absolute Gasteiger partial charge is 0.227 e. The standard InChI is InChI=1S/C14H20N2O2/c1-10(11-6-4-3-5-7-11)14(17)16-12-8-15-9-13(12)18-2/h3-7,10,12-13,15H,8-9H2,1-2H3,(H,16,17)/t10?,12?,13-/m0/s1. The van der Waals surface area contributed by atoms with E-state index in [-0.39, 0.29) is 24.0 Å². The number of methoxy groups -OCH3 is 1. The van der Waals surface area contributed by atoms with Gasteiger partial charge in [-0.2, -0.15) is 0 Å². The zero-order chi connectivity index (χ0) is 13.0. The number of nitrogens with one attached hydrogen (secondary N) is 2. The topological polar surface area (TPSA) is 50.4 Å². The Morgan fingerprint density at radius 3 is 2.78 bits per heavy atom. The van der Waals surface area contributed by atoms with Gasteiger partial charge < -0.3 is 15.4 Å². The van der Waals surface area contributed by atoms with Crippen LogP contribution in [0, 0.1) is 0 Å². The van der Waals surface area contributed by atoms with Crippen molar-refractivity contribution in [3.05, 3.63) is 35.9 Å². The van der Waals surface area contributed by atoms with E-state index < -0.39 is 0 Å². The molecule has 1 saturated heterocycles. The second-order valence-electron chi connectivity index (χ2n) is 4.68. The summed E-state index contributed by atoms with van der Waals surface area (Å²) in [5.74, 6) is -0.0822. The summed E-state index contributed by atoms with van der Waals surface area (Å²) in [6.07, 6.45) is 0.0666. The molecule has 0 bridgehead atoms. The number of hydrogen-bond acceptors (Lipinski definition) is 3. The molecular formula is C14H20N2O2. The molecule has 3 atom stereocenters. The van der Waals surface area contributed by atoms with Crippen LogP contribution >= 0.6 is 0 Å². The first-order valence-corrected chi connectivity index (χ1v) is 6.31. The molecule has 18 heavy (non-hydrogen) atoms. The van der Waals surface area contributed by atoms with Gasteiger partial charge >= 0.3 is 0 Å². The fraction of sp³-hybridized carbons (Fsp3) is 0.500. The lowest BCUT2D eigenvalue weighted by Crippen LogP contribution is -2.45. The van der Waals surface area contributed by atoms with Gasteiger partial charge in [0.1, 0.15) is 0 Å². The molecule has 98 valence electrons. The first-order valence-electron chi connectivity index (χ1n) is 6.31. The van der Waals surface area contributed by atoms with Gasteiger partial charge in [0.2, 0.25) is 5.91 Å². The van der Waals surface area contributed by atoms with Gasteiger partial charge in [-0.05, 0) is 12.5 Å². The van der Waals surface area contributed by atoms with Crippen molar-refractivity contribution in [2.24, 2.45) is 0 Å². The molecule has 0 aliphatic carbocycles. The number of carbonyl (C=O) groups excluding carboxylic acids is 1. The van der Waals surface area contributed by atoms with Crippen LogP contribution < -0.4 is 10.6 Å². The van der Waals surface area contributed by atoms with Crippen molar-refractivity contribution >= 4 is 5.91 Å². The molecule has 4 nitrogen and oxygen atoms in total. The molecule has 0 saturated carbocycles. The summed E-state index contributed by atoms with van der Waals surface area (Å²) in [5.41, 5.74) is 1.04. The molecule has 4 heteroatoms. The van der Waals surface area contributed by atoms with E-state index in [0.717, 1.165) is 18.7 Å². The lowest BCUT2D eigenvalue weighted by atomic mass is 10.00. The van der Waals surface area contributed by atoms with Crippen molar-refractivity contribution in [3.63, 3.8) is 0 Å². The van der Waals surface area contributed by atoms with Crippen LogP contribution in [0.5, 0.6) is 0 Å². The molecule has 2 unspecified atom stereocenters. The average Bonchev–Trinajstić information content (AvgIpc) is 2.86. The molecule has 1 aliphatic rings. The molecule has 0 aromatic heterocycles. The fourth-order valence-corrected chi connectivity index (χ4v) is 2.25. The summed E-state index contributed by atoms with van der Waals surface area (Å²) >= 11 is 0. The number of amides is 1. The number of hydrogen-bond donors (Lipinski definition) is 2. The third kappa shape index (κ3) is 2.89. The predicted octanol–water partition coefficient (Wildman–Crippen LogP) is 0.893. The maximum Gasteiger partial charge on any atom is 0.227 e. The quantitative estimate of drug-likeness (QED) is 0.832. The van der Waals surface area contributed by atoms with Crippen LogP contribution in [0.3, 0.4) is 0 Å². The Kier molecular flexibility index (Phi) is 4.33. The largest absolute Gasteiger partial charge is 0.378 e. The zero-order valence-electron chi connectivity index (χ0n) is 10.8. The number of carbonyl (C=O) groups is 1. The third-order valence-electron chi connectivity index (χ3n) is 3.48. The van der Waals surface area contributed by atoms with Crippen LogP contribution in [-0.2, 0) is 9.53 Å². The minimum absolute atomic E-state index is 0.0527. The molecule has 1 fully saturated rings. The molecule has 1 amide bonds. The van der Waals surface area contributed by atoms with Crippen LogP contribution in [0.25, 0.3) is 0 Å². The van der Waals surface area contributed by atoms with Crippen LogP contribution in [0.15, 0.2) is 30.3 Å². The van der Waals surface area contributed by atoms with Crippen molar-refractivity contribution in [2.75, 3.05) is 20.2 Å². The van der Waals surface area contributed by atoms with Gasteiger partial charge in [0.05, 0.1) is 18.1 Å². The van der Waals surface area contributed by atoms with E-state index in [9.17, 15) is 4.79 Å². The molecule has 1 aromatic carbocycles. The Morgan fingerprint density at radius 1 is 1.39 bits per heavy atom. The van der Waals surface area contributed by atoms with Gasteiger partial charge in [-0.1, -0.05) is 30.3 Å². The monoisotopic (exact) mass is 248 g/mol. The SMILES string of the molecule is CO[C@H]1CNCC1NC(=O)C(C)c1ccccc1. The fourth-order valence-electron chi connectivity index (χ4n) is 2.25. The van der Waals surface area contributed by atoms with Crippen LogP contribution in [0.1, 0.15) is 18.4 Å². The Balaban J connectivity index is 1.95. The van der Waals surface area contributed by atoms with Gasteiger partial charge in [-0.3, -0.25) is 4.79 Å². The molecule has 1 aliphatic heterocycles. The average molecular weight is 248 g/mol. The highest BCUT2D eigenvalue weighted by molar-refractivity contribution is 5.83. The Bertz CT molecular complexity index is 394. The predicted molar refractivity (Wildman–Crippen MR) is 70.5 cm³/mol. The number of ether oxygens (including phenoxy) is 1. The first kappa shape index (κ1) is 13.1. The number of rotatable bonds is 4. The molecule has 2 rings (SSSR count). The van der Waals surface area contributed by atoms with Crippen LogP contribution in [0.4, 0.5) is 0 Å². The van der Waals surface area contributed by atoms with Gasteiger partial charge in [0, 0.05) is 20.2 Å². The van der Waals surface area contributed by atoms with Crippen molar-refractivity contribution < 1.29 is 9.53 Å². The van der Waals surface area contributed by atoms with E-state index in [1.54, 1.807) is 7.11 Å². The van der Waals surface area contributed by atoms with Gasteiger partial charge in [-0.25, -0.2) is 0 Å². The summed E-state index contributed by atoms with van der Waals surface area (Å²) in [7, 11) is 1.68. The molecule has 1 heterocycles. The molecule has 0 radical (unpaired) electrons. The maximum atomic E-state index is 12.2. The van der Waals surface area contributed by atoms with Gasteiger partial charge in [0.15, 0.2) is 0 Å². The minimum atomic E-state index is -0.135. The maximum absolute atomic E-state index is 12.2. The van der Waals surface area contributed by atoms with E-state index in [1.807, 2.05) is 37.3 Å². The third-order valence-corrected chi connectivity index (χ3v) is 3.48. The summed E-state index contributed by atoms with van der Waals surface area (Å²) in [5, 5.41) is 6.27. The van der Waals surface area contributed by atoms with Crippen LogP contribution in [0.2, 0.25) is 0 Å². The highest BCUT2D eigenvalue weighted by atomic mass is 16.5. The Hall–Kier alpha value is -1.39. The summed E-state index contributed by atoms with van der Waals surface area (Å²) in [6, 6.07) is 9.88. The highest BCUT2D eigenvalue weighted by Gasteiger charge is 2.29. The zero-order valence-corrected chi connectivity index (χ0v) is 10.8. The van der Waals surface area contributed by atoms with E-state index in [1.165, 1.54) is 0 Å². The van der Waals surface area contributed by atoms with E-state index in [4.69, 9.17) is 4.74 Å². The van der Waals surface area contributed by atoms with Crippen LogP contribution in [-0.4, -0.2) is 38.3 Å². The Labute approximate surface area is 108 Å². The molecule has 1 aromatic rings. The lowest BCUT2D eigenvalue weighted by Gasteiger charge is -2.21. The molecular weight excluding hydrogens is 228 g/mol. The Morgan fingerprint density at radius 2 is 2.11 bits per heavy atom.